The van der Waals surface area contributed by atoms with Crippen molar-refractivity contribution in [1.82, 2.24) is 15.1 Å². The Balaban J connectivity index is 1.88. The fourth-order valence-corrected chi connectivity index (χ4v) is 3.75. The second-order valence-corrected chi connectivity index (χ2v) is 7.16. The molecule has 3 nitrogen and oxygen atoms in total. The number of piperazine rings is 1. The Bertz CT molecular complexity index is 273. The van der Waals surface area contributed by atoms with Gasteiger partial charge in [0.05, 0.1) is 0 Å². The minimum absolute atomic E-state index is 0.703. The van der Waals surface area contributed by atoms with E-state index in [-0.39, 0.29) is 0 Å². The van der Waals surface area contributed by atoms with E-state index in [0.717, 1.165) is 17.9 Å². The van der Waals surface area contributed by atoms with E-state index in [1.807, 2.05) is 0 Å². The third-order valence-corrected chi connectivity index (χ3v) is 5.70. The van der Waals surface area contributed by atoms with Crippen LogP contribution < -0.4 is 5.32 Å². The summed E-state index contributed by atoms with van der Waals surface area (Å²) in [7, 11) is 2.26. The monoisotopic (exact) mass is 281 g/mol. The molecule has 0 spiro atoms. The topological polar surface area (TPSA) is 18.5 Å². The van der Waals surface area contributed by atoms with Crippen LogP contribution in [0.3, 0.4) is 0 Å². The van der Waals surface area contributed by atoms with Crippen LogP contribution in [0.1, 0.15) is 46.5 Å². The summed E-state index contributed by atoms with van der Waals surface area (Å²) in [6, 6.07) is 1.46. The van der Waals surface area contributed by atoms with Crippen LogP contribution >= 0.6 is 0 Å². The summed E-state index contributed by atoms with van der Waals surface area (Å²) < 4.78 is 0. The van der Waals surface area contributed by atoms with Crippen LogP contribution in [0.15, 0.2) is 0 Å². The molecule has 0 aromatic carbocycles. The summed E-state index contributed by atoms with van der Waals surface area (Å²) in [5, 5.41) is 3.80. The number of hydrogen-bond donors (Lipinski definition) is 1. The van der Waals surface area contributed by atoms with Gasteiger partial charge >= 0.3 is 0 Å². The van der Waals surface area contributed by atoms with Gasteiger partial charge in [-0.25, -0.2) is 0 Å². The second-order valence-electron chi connectivity index (χ2n) is 7.16. The molecule has 3 heteroatoms. The Morgan fingerprint density at radius 2 is 1.90 bits per heavy atom. The van der Waals surface area contributed by atoms with Gasteiger partial charge in [0.1, 0.15) is 0 Å². The maximum Gasteiger partial charge on any atom is 0.0221 e. The van der Waals surface area contributed by atoms with Crippen LogP contribution in [0.4, 0.5) is 0 Å². The Morgan fingerprint density at radius 1 is 1.20 bits per heavy atom. The highest BCUT2D eigenvalue weighted by Gasteiger charge is 2.31. The van der Waals surface area contributed by atoms with Crippen LogP contribution in [-0.4, -0.2) is 61.7 Å². The van der Waals surface area contributed by atoms with Crippen molar-refractivity contribution in [3.8, 4) is 0 Å². The molecule has 0 saturated carbocycles. The van der Waals surface area contributed by atoms with Crippen LogP contribution in [0, 0.1) is 11.8 Å². The van der Waals surface area contributed by atoms with Gasteiger partial charge < -0.3 is 10.2 Å². The summed E-state index contributed by atoms with van der Waals surface area (Å²) in [6.07, 6.45) is 5.36. The maximum atomic E-state index is 3.80. The van der Waals surface area contributed by atoms with Gasteiger partial charge in [-0.05, 0) is 51.2 Å². The van der Waals surface area contributed by atoms with Gasteiger partial charge in [0.15, 0.2) is 0 Å². The SMILES string of the molecule is CCC(C)C1CN(CC2CCN(C)CC2)C(CC)CN1. The largest absolute Gasteiger partial charge is 0.311 e. The molecule has 3 atom stereocenters. The van der Waals surface area contributed by atoms with Crippen LogP contribution in [0.5, 0.6) is 0 Å². The van der Waals surface area contributed by atoms with Crippen molar-refractivity contribution in [3.63, 3.8) is 0 Å². The Labute approximate surface area is 126 Å². The van der Waals surface area contributed by atoms with Gasteiger partial charge in [0.25, 0.3) is 0 Å². The van der Waals surface area contributed by atoms with Crippen molar-refractivity contribution < 1.29 is 0 Å². The van der Waals surface area contributed by atoms with E-state index in [9.17, 15) is 0 Å². The number of piperidine rings is 1. The van der Waals surface area contributed by atoms with Crippen molar-refractivity contribution in [3.05, 3.63) is 0 Å². The summed E-state index contributed by atoms with van der Waals surface area (Å²) in [4.78, 5) is 5.29. The molecular weight excluding hydrogens is 246 g/mol. The quantitative estimate of drug-likeness (QED) is 0.835. The molecule has 2 aliphatic heterocycles. The fraction of sp³-hybridized carbons (Fsp3) is 1.00. The smallest absolute Gasteiger partial charge is 0.0221 e. The Morgan fingerprint density at radius 3 is 2.50 bits per heavy atom. The Hall–Kier alpha value is -0.120. The molecule has 20 heavy (non-hydrogen) atoms. The molecule has 0 amide bonds. The molecular formula is C17H35N3. The highest BCUT2D eigenvalue weighted by Crippen LogP contribution is 2.22. The normalized spacial score (nSPS) is 32.4. The van der Waals surface area contributed by atoms with Crippen LogP contribution in [-0.2, 0) is 0 Å². The lowest BCUT2D eigenvalue weighted by atomic mass is 9.91. The lowest BCUT2D eigenvalue weighted by molar-refractivity contribution is 0.0739. The lowest BCUT2D eigenvalue weighted by Gasteiger charge is -2.44. The van der Waals surface area contributed by atoms with E-state index in [0.29, 0.717) is 6.04 Å². The van der Waals surface area contributed by atoms with E-state index < -0.39 is 0 Å². The standard InChI is InChI=1S/C17H35N3/c1-5-14(3)17-13-20(16(6-2)11-18-17)12-15-7-9-19(4)10-8-15/h14-18H,5-13H2,1-4H3. The zero-order chi connectivity index (χ0) is 14.5. The fourth-order valence-electron chi connectivity index (χ4n) is 3.75. The molecule has 2 rings (SSSR count). The number of nitrogens with zero attached hydrogens (tertiary/aromatic N) is 2. The van der Waals surface area contributed by atoms with E-state index >= 15 is 0 Å². The van der Waals surface area contributed by atoms with Crippen LogP contribution in [0.2, 0.25) is 0 Å². The van der Waals surface area contributed by atoms with Gasteiger partial charge in [-0.15, -0.1) is 0 Å². The zero-order valence-corrected chi connectivity index (χ0v) is 14.1. The maximum absolute atomic E-state index is 3.80. The molecule has 1 N–H and O–H groups in total. The van der Waals surface area contributed by atoms with Gasteiger partial charge in [-0.3, -0.25) is 4.90 Å². The third kappa shape index (κ3) is 4.19. The second kappa shape index (κ2) is 7.77. The molecule has 2 fully saturated rings. The van der Waals surface area contributed by atoms with E-state index in [2.05, 4.69) is 42.9 Å². The summed E-state index contributed by atoms with van der Waals surface area (Å²) in [5.41, 5.74) is 0. The number of rotatable bonds is 5. The van der Waals surface area contributed by atoms with E-state index in [1.54, 1.807) is 0 Å². The first kappa shape index (κ1) is 16.3. The average molecular weight is 281 g/mol. The molecule has 2 saturated heterocycles. The van der Waals surface area contributed by atoms with Crippen molar-refractivity contribution in [1.29, 1.82) is 0 Å². The van der Waals surface area contributed by atoms with Gasteiger partial charge in [0.2, 0.25) is 0 Å². The highest BCUT2D eigenvalue weighted by molar-refractivity contribution is 4.89. The summed E-state index contributed by atoms with van der Waals surface area (Å²) in [5.74, 6) is 1.73. The van der Waals surface area contributed by atoms with Crippen molar-refractivity contribution in [2.24, 2.45) is 11.8 Å². The van der Waals surface area contributed by atoms with Gasteiger partial charge in [0, 0.05) is 31.7 Å². The third-order valence-electron chi connectivity index (χ3n) is 5.70. The molecule has 0 aromatic heterocycles. The Kier molecular flexibility index (Phi) is 6.31. The first-order valence-corrected chi connectivity index (χ1v) is 8.80. The van der Waals surface area contributed by atoms with E-state index in [1.165, 1.54) is 58.4 Å². The molecule has 0 aromatic rings. The average Bonchev–Trinajstić information content (AvgIpc) is 2.48. The first-order valence-electron chi connectivity index (χ1n) is 8.80. The minimum atomic E-state index is 0.703. The predicted octanol–water partition coefficient (Wildman–Crippen LogP) is 2.43. The van der Waals surface area contributed by atoms with Crippen molar-refractivity contribution in [2.75, 3.05) is 39.8 Å². The molecule has 2 aliphatic rings. The first-order chi connectivity index (χ1) is 9.63. The van der Waals surface area contributed by atoms with Gasteiger partial charge in [-0.2, -0.15) is 0 Å². The molecule has 0 bridgehead atoms. The molecule has 0 radical (unpaired) electrons. The minimum Gasteiger partial charge on any atom is -0.311 e. The predicted molar refractivity (Wildman–Crippen MR) is 87.1 cm³/mol. The van der Waals surface area contributed by atoms with E-state index in [4.69, 9.17) is 0 Å². The molecule has 118 valence electrons. The zero-order valence-electron chi connectivity index (χ0n) is 14.1. The number of nitrogens with one attached hydrogen (secondary N) is 1. The molecule has 2 heterocycles. The summed E-state index contributed by atoms with van der Waals surface area (Å²) in [6.45, 7) is 13.4. The van der Waals surface area contributed by atoms with Crippen molar-refractivity contribution >= 4 is 0 Å². The van der Waals surface area contributed by atoms with Crippen molar-refractivity contribution in [2.45, 2.75) is 58.5 Å². The summed E-state index contributed by atoms with van der Waals surface area (Å²) >= 11 is 0. The number of hydrogen-bond acceptors (Lipinski definition) is 3. The molecule has 0 aliphatic carbocycles. The molecule has 3 unspecified atom stereocenters. The van der Waals surface area contributed by atoms with Crippen LogP contribution in [0.25, 0.3) is 0 Å². The lowest BCUT2D eigenvalue weighted by Crippen LogP contribution is -2.59. The van der Waals surface area contributed by atoms with Gasteiger partial charge in [-0.1, -0.05) is 27.2 Å². The number of likely N-dealkylation sites (tertiary alicyclic amines) is 1. The highest BCUT2D eigenvalue weighted by atomic mass is 15.2.